The number of carbonyl (C=O) groups excluding carboxylic acids is 1. The summed E-state index contributed by atoms with van der Waals surface area (Å²) in [7, 11) is 0. The van der Waals surface area contributed by atoms with Crippen LogP contribution in [0.15, 0.2) is 40.9 Å². The van der Waals surface area contributed by atoms with Crippen molar-refractivity contribution in [3.63, 3.8) is 0 Å². The van der Waals surface area contributed by atoms with Crippen LogP contribution in [-0.4, -0.2) is 20.8 Å². The number of ether oxygens (including phenoxy) is 1. The topological polar surface area (TPSA) is 78.5 Å². The van der Waals surface area contributed by atoms with Crippen molar-refractivity contribution in [2.45, 2.75) is 31.7 Å². The number of esters is 1. The lowest BCUT2D eigenvalue weighted by molar-refractivity contribution is -0.130. The second-order valence-electron chi connectivity index (χ2n) is 4.24. The van der Waals surface area contributed by atoms with Crippen LogP contribution in [0.25, 0.3) is 0 Å². The monoisotopic (exact) mass is 282 g/mol. The van der Waals surface area contributed by atoms with Gasteiger partial charge in [-0.05, 0) is 56.1 Å². The Bertz CT molecular complexity index is 494. The first-order valence-electron chi connectivity index (χ1n) is 5.74. The largest absolute Gasteiger partial charge is 0.768 e. The zero-order chi connectivity index (χ0) is 14.4. The quantitative estimate of drug-likeness (QED) is 0.385. The molecule has 0 saturated carbocycles. The highest BCUT2D eigenvalue weighted by atomic mass is 32.2. The van der Waals surface area contributed by atoms with E-state index in [0.29, 0.717) is 11.3 Å². The van der Waals surface area contributed by atoms with Gasteiger partial charge in [-0.3, -0.25) is 4.21 Å². The van der Waals surface area contributed by atoms with E-state index < -0.39 is 17.0 Å². The van der Waals surface area contributed by atoms with Crippen molar-refractivity contribution in [3.05, 3.63) is 36.0 Å². The van der Waals surface area contributed by atoms with Gasteiger partial charge in [0.25, 0.3) is 0 Å². The van der Waals surface area contributed by atoms with Gasteiger partial charge in [-0.1, -0.05) is 0 Å². The van der Waals surface area contributed by atoms with Crippen molar-refractivity contribution in [2.24, 2.45) is 0 Å². The lowest BCUT2D eigenvalue weighted by atomic mass is 10.3. The molecule has 0 fully saturated rings. The average Bonchev–Trinajstić information content (AvgIpc) is 2.36. The molecule has 19 heavy (non-hydrogen) atoms. The number of nitrogens with one attached hydrogen (secondary N) is 1. The third-order valence-electron chi connectivity index (χ3n) is 2.18. The second-order valence-corrected chi connectivity index (χ2v) is 5.19. The Morgan fingerprint density at radius 3 is 2.42 bits per heavy atom. The van der Waals surface area contributed by atoms with Crippen LogP contribution >= 0.6 is 0 Å². The van der Waals surface area contributed by atoms with E-state index in [4.69, 9.17) is 4.74 Å². The summed E-state index contributed by atoms with van der Waals surface area (Å²) >= 11 is -2.28. The molecule has 5 nitrogen and oxygen atoms in total. The first-order valence-corrected chi connectivity index (χ1v) is 6.82. The number of rotatable bonds is 5. The molecule has 0 aliphatic heterocycles. The molecule has 6 heteroatoms. The van der Waals surface area contributed by atoms with E-state index in [1.807, 2.05) is 13.8 Å². The molecule has 0 bridgehead atoms. The lowest BCUT2D eigenvalue weighted by Crippen LogP contribution is -2.19. The van der Waals surface area contributed by atoms with E-state index in [1.165, 1.54) is 24.3 Å². The Balaban J connectivity index is 2.66. The van der Waals surface area contributed by atoms with Gasteiger partial charge in [-0.2, -0.15) is 0 Å². The van der Waals surface area contributed by atoms with E-state index in [-0.39, 0.29) is 10.9 Å². The van der Waals surface area contributed by atoms with Crippen molar-refractivity contribution in [1.29, 1.82) is 0 Å². The van der Waals surface area contributed by atoms with Crippen molar-refractivity contribution in [2.75, 3.05) is 0 Å². The van der Waals surface area contributed by atoms with Gasteiger partial charge in [0, 0.05) is 17.1 Å². The van der Waals surface area contributed by atoms with Gasteiger partial charge in [-0.25, -0.2) is 4.79 Å². The van der Waals surface area contributed by atoms with Crippen molar-refractivity contribution < 1.29 is 18.3 Å². The molecular formula is C13H16NO4S-. The highest BCUT2D eigenvalue weighted by Gasteiger charge is 2.07. The summed E-state index contributed by atoms with van der Waals surface area (Å²) in [6.45, 7) is 5.55. The van der Waals surface area contributed by atoms with Crippen LogP contribution in [0.3, 0.4) is 0 Å². The Morgan fingerprint density at radius 1 is 1.37 bits per heavy atom. The third-order valence-corrected chi connectivity index (χ3v) is 2.84. The van der Waals surface area contributed by atoms with E-state index >= 15 is 0 Å². The zero-order valence-corrected chi connectivity index (χ0v) is 11.8. The van der Waals surface area contributed by atoms with Gasteiger partial charge >= 0.3 is 5.97 Å². The molecule has 0 aliphatic rings. The summed E-state index contributed by atoms with van der Waals surface area (Å²) in [5.41, 5.74) is 0.435. The second kappa shape index (κ2) is 7.06. The van der Waals surface area contributed by atoms with E-state index in [0.717, 1.165) is 0 Å². The molecule has 1 atom stereocenters. The third kappa shape index (κ3) is 5.23. The predicted molar refractivity (Wildman–Crippen MR) is 71.3 cm³/mol. The van der Waals surface area contributed by atoms with Crippen LogP contribution in [0.5, 0.6) is 5.75 Å². The highest BCUT2D eigenvalue weighted by molar-refractivity contribution is 7.79. The summed E-state index contributed by atoms with van der Waals surface area (Å²) in [5.74, 6) is -0.180. The summed E-state index contributed by atoms with van der Waals surface area (Å²) in [5, 5.41) is 2.99. The first-order chi connectivity index (χ1) is 8.90. The number of carbonyl (C=O) groups is 1. The molecule has 0 saturated heterocycles. The molecular weight excluding hydrogens is 266 g/mol. The van der Waals surface area contributed by atoms with Crippen LogP contribution in [0, 0.1) is 0 Å². The predicted octanol–water partition coefficient (Wildman–Crippen LogP) is 1.73. The molecule has 104 valence electrons. The van der Waals surface area contributed by atoms with Gasteiger partial charge in [-0.15, -0.1) is 0 Å². The standard InChI is InChI=1S/C13H17NO4S/c1-9(2)14-8-10(3)13(15)18-11-4-6-12(7-5-11)19(16)17/h4-9,14H,1-3H3,(H,16,17)/p-1. The first kappa shape index (κ1) is 15.4. The van der Waals surface area contributed by atoms with E-state index in [9.17, 15) is 13.6 Å². The van der Waals surface area contributed by atoms with Crippen LogP contribution in [0.1, 0.15) is 20.8 Å². The molecule has 0 heterocycles. The fourth-order valence-corrected chi connectivity index (χ4v) is 1.52. The Hall–Kier alpha value is -1.66. The van der Waals surface area contributed by atoms with E-state index in [1.54, 1.807) is 13.1 Å². The number of hydrogen-bond donors (Lipinski definition) is 1. The molecule has 1 unspecified atom stereocenters. The summed E-state index contributed by atoms with van der Waals surface area (Å²) in [6.07, 6.45) is 1.59. The maximum Gasteiger partial charge on any atom is 0.340 e. The maximum absolute atomic E-state index is 11.7. The van der Waals surface area contributed by atoms with Gasteiger partial charge in [0.05, 0.1) is 5.57 Å². The van der Waals surface area contributed by atoms with Crippen molar-refractivity contribution in [1.82, 2.24) is 5.32 Å². The number of benzene rings is 1. The minimum absolute atomic E-state index is 0.147. The molecule has 0 aliphatic carbocycles. The van der Waals surface area contributed by atoms with Crippen LogP contribution in [-0.2, 0) is 15.9 Å². The smallest absolute Gasteiger partial charge is 0.340 e. The number of hydrogen-bond acceptors (Lipinski definition) is 5. The molecule has 0 spiro atoms. The molecule has 0 amide bonds. The summed E-state index contributed by atoms with van der Waals surface area (Å²) in [6, 6.07) is 5.85. The molecule has 1 N–H and O–H groups in total. The van der Waals surface area contributed by atoms with Crippen molar-refractivity contribution >= 4 is 17.0 Å². The lowest BCUT2D eigenvalue weighted by Gasteiger charge is -2.08. The fourth-order valence-electron chi connectivity index (χ4n) is 1.16. The molecule has 1 aromatic rings. The SMILES string of the molecule is CC(=CNC(C)C)C(=O)Oc1ccc(S(=O)[O-])cc1. The molecule has 0 aromatic heterocycles. The highest BCUT2D eigenvalue weighted by Crippen LogP contribution is 2.15. The molecule has 1 aromatic carbocycles. The van der Waals surface area contributed by atoms with Gasteiger partial charge in [0.2, 0.25) is 0 Å². The van der Waals surface area contributed by atoms with Gasteiger partial charge in [0.1, 0.15) is 5.75 Å². The Kier molecular flexibility index (Phi) is 5.72. The Labute approximate surface area is 114 Å². The molecule has 1 rings (SSSR count). The van der Waals surface area contributed by atoms with Crippen LogP contribution in [0.2, 0.25) is 0 Å². The van der Waals surface area contributed by atoms with Crippen LogP contribution < -0.4 is 10.1 Å². The van der Waals surface area contributed by atoms with Crippen LogP contribution in [0.4, 0.5) is 0 Å². The maximum atomic E-state index is 11.7. The summed E-state index contributed by atoms with van der Waals surface area (Å²) < 4.78 is 26.4. The van der Waals surface area contributed by atoms with Gasteiger partial charge < -0.3 is 14.6 Å². The van der Waals surface area contributed by atoms with E-state index in [2.05, 4.69) is 5.32 Å². The zero-order valence-electron chi connectivity index (χ0n) is 11.0. The minimum atomic E-state index is -2.28. The summed E-state index contributed by atoms with van der Waals surface area (Å²) in [4.78, 5) is 11.8. The Morgan fingerprint density at radius 2 is 1.95 bits per heavy atom. The normalized spacial score (nSPS) is 13.2. The van der Waals surface area contributed by atoms with Crippen molar-refractivity contribution in [3.8, 4) is 5.75 Å². The minimum Gasteiger partial charge on any atom is -0.768 e. The average molecular weight is 282 g/mol. The van der Waals surface area contributed by atoms with Gasteiger partial charge in [0.15, 0.2) is 0 Å². The fraction of sp³-hybridized carbons (Fsp3) is 0.308. The molecule has 0 radical (unpaired) electrons.